The zero-order valence-electron chi connectivity index (χ0n) is 15.3. The molecule has 1 aromatic carbocycles. The lowest BCUT2D eigenvalue weighted by atomic mass is 10.1. The summed E-state index contributed by atoms with van der Waals surface area (Å²) in [7, 11) is 4.07. The average Bonchev–Trinajstić information content (AvgIpc) is 3.38. The second kappa shape index (κ2) is 7.48. The van der Waals surface area contributed by atoms with E-state index in [1.165, 1.54) is 12.8 Å². The number of rotatable bonds is 4. The summed E-state index contributed by atoms with van der Waals surface area (Å²) >= 11 is 0. The van der Waals surface area contributed by atoms with Crippen LogP contribution in [0.4, 0.5) is 5.69 Å². The van der Waals surface area contributed by atoms with Crippen LogP contribution in [0.2, 0.25) is 0 Å². The van der Waals surface area contributed by atoms with Gasteiger partial charge in [0.25, 0.3) is 0 Å². The summed E-state index contributed by atoms with van der Waals surface area (Å²) in [6, 6.07) is 6.26. The van der Waals surface area contributed by atoms with Gasteiger partial charge in [0.1, 0.15) is 5.69 Å². The van der Waals surface area contributed by atoms with Crippen molar-refractivity contribution in [2.75, 3.05) is 32.2 Å². The Morgan fingerprint density at radius 2 is 2.04 bits per heavy atom. The monoisotopic (exact) mass is 352 g/mol. The van der Waals surface area contributed by atoms with Gasteiger partial charge in [-0.2, -0.15) is 0 Å². The molecular formula is C20H24N4O2. The van der Waals surface area contributed by atoms with Gasteiger partial charge in [-0.3, -0.25) is 0 Å². The molecule has 1 aliphatic heterocycles. The molecule has 2 aliphatic rings. The number of anilines is 1. The van der Waals surface area contributed by atoms with Crippen LogP contribution in [0, 0.1) is 17.8 Å². The largest absolute Gasteiger partial charge is 0.377 e. The van der Waals surface area contributed by atoms with Gasteiger partial charge in [-0.05, 0) is 37.5 Å². The average molecular weight is 352 g/mol. The summed E-state index contributed by atoms with van der Waals surface area (Å²) in [6.07, 6.45) is 5.12. The summed E-state index contributed by atoms with van der Waals surface area (Å²) in [4.78, 5) is 2.09. The highest BCUT2D eigenvalue weighted by atomic mass is 16.7. The zero-order valence-corrected chi connectivity index (χ0v) is 15.3. The van der Waals surface area contributed by atoms with Gasteiger partial charge in [-0.1, -0.05) is 17.1 Å². The van der Waals surface area contributed by atoms with Gasteiger partial charge in [-0.25, -0.2) is 4.68 Å². The third-order valence-corrected chi connectivity index (χ3v) is 4.52. The fourth-order valence-corrected chi connectivity index (χ4v) is 2.91. The minimum absolute atomic E-state index is 0.244. The van der Waals surface area contributed by atoms with Crippen molar-refractivity contribution in [3.05, 3.63) is 30.0 Å². The first-order valence-electron chi connectivity index (χ1n) is 9.15. The Hall–Kier alpha value is -2.36. The quantitative estimate of drug-likeness (QED) is 0.792. The first-order chi connectivity index (χ1) is 12.7. The molecule has 4 rings (SSSR count). The maximum Gasteiger partial charge on any atom is 0.177 e. The normalized spacial score (nSPS) is 17.6. The van der Waals surface area contributed by atoms with Crippen LogP contribution >= 0.6 is 0 Å². The molecule has 6 nitrogen and oxygen atoms in total. The van der Waals surface area contributed by atoms with E-state index in [-0.39, 0.29) is 6.29 Å². The van der Waals surface area contributed by atoms with Crippen LogP contribution in [0.15, 0.2) is 24.4 Å². The topological polar surface area (TPSA) is 52.4 Å². The second-order valence-electron chi connectivity index (χ2n) is 7.02. The molecule has 1 aromatic heterocycles. The van der Waals surface area contributed by atoms with Gasteiger partial charge in [0.05, 0.1) is 26.0 Å². The Labute approximate surface area is 154 Å². The van der Waals surface area contributed by atoms with Crippen molar-refractivity contribution in [2.45, 2.75) is 32.1 Å². The van der Waals surface area contributed by atoms with E-state index in [1.54, 1.807) is 4.68 Å². The van der Waals surface area contributed by atoms with Crippen molar-refractivity contribution in [3.8, 4) is 23.1 Å². The SMILES string of the molecule is CN(C)c1cc(C#CC2CC2)ccc1-c1cn(CC2OCCCO2)nn1. The number of ether oxygens (including phenoxy) is 2. The second-order valence-corrected chi connectivity index (χ2v) is 7.02. The van der Waals surface area contributed by atoms with Crippen LogP contribution in [0.25, 0.3) is 11.3 Å². The Morgan fingerprint density at radius 1 is 1.23 bits per heavy atom. The molecule has 1 saturated heterocycles. The summed E-state index contributed by atoms with van der Waals surface area (Å²) in [6.45, 7) is 2.02. The third kappa shape index (κ3) is 4.06. The first-order valence-corrected chi connectivity index (χ1v) is 9.15. The predicted molar refractivity (Wildman–Crippen MR) is 99.7 cm³/mol. The summed E-state index contributed by atoms with van der Waals surface area (Å²) in [5, 5.41) is 8.59. The zero-order chi connectivity index (χ0) is 17.9. The van der Waals surface area contributed by atoms with Crippen molar-refractivity contribution in [1.29, 1.82) is 0 Å². The molecule has 26 heavy (non-hydrogen) atoms. The minimum Gasteiger partial charge on any atom is -0.377 e. The highest BCUT2D eigenvalue weighted by Crippen LogP contribution is 2.30. The molecule has 1 saturated carbocycles. The van der Waals surface area contributed by atoms with Crippen molar-refractivity contribution in [3.63, 3.8) is 0 Å². The van der Waals surface area contributed by atoms with Crippen LogP contribution < -0.4 is 4.90 Å². The number of hydrogen-bond donors (Lipinski definition) is 0. The molecular weight excluding hydrogens is 328 g/mol. The highest BCUT2D eigenvalue weighted by molar-refractivity contribution is 5.77. The molecule has 136 valence electrons. The molecule has 0 radical (unpaired) electrons. The lowest BCUT2D eigenvalue weighted by Crippen LogP contribution is -2.29. The molecule has 0 amide bonds. The summed E-state index contributed by atoms with van der Waals surface area (Å²) in [5.74, 6) is 7.21. The fourth-order valence-electron chi connectivity index (χ4n) is 2.91. The maximum atomic E-state index is 5.59. The van der Waals surface area contributed by atoms with Gasteiger partial charge >= 0.3 is 0 Å². The summed E-state index contributed by atoms with van der Waals surface area (Å²) < 4.78 is 13.0. The van der Waals surface area contributed by atoms with E-state index < -0.39 is 0 Å². The Balaban J connectivity index is 1.55. The van der Waals surface area contributed by atoms with Crippen molar-refractivity contribution in [2.24, 2.45) is 5.92 Å². The maximum absolute atomic E-state index is 5.59. The molecule has 0 unspecified atom stereocenters. The predicted octanol–water partition coefficient (Wildman–Crippen LogP) is 2.54. The van der Waals surface area contributed by atoms with Gasteiger partial charge in [0.2, 0.25) is 0 Å². The number of benzene rings is 1. The van der Waals surface area contributed by atoms with Crippen molar-refractivity contribution >= 4 is 5.69 Å². The van der Waals surface area contributed by atoms with Gasteiger partial charge < -0.3 is 14.4 Å². The molecule has 0 spiro atoms. The third-order valence-electron chi connectivity index (χ3n) is 4.52. The first kappa shape index (κ1) is 17.1. The van der Waals surface area contributed by atoms with Crippen LogP contribution in [0.3, 0.4) is 0 Å². The fraction of sp³-hybridized carbons (Fsp3) is 0.500. The van der Waals surface area contributed by atoms with Gasteiger partial charge in [0, 0.05) is 36.8 Å². The lowest BCUT2D eigenvalue weighted by molar-refractivity contribution is -0.185. The van der Waals surface area contributed by atoms with Gasteiger partial charge in [0.15, 0.2) is 6.29 Å². The van der Waals surface area contributed by atoms with E-state index in [2.05, 4.69) is 45.3 Å². The van der Waals surface area contributed by atoms with E-state index in [0.29, 0.717) is 12.5 Å². The van der Waals surface area contributed by atoms with Crippen molar-refractivity contribution in [1.82, 2.24) is 15.0 Å². The molecule has 0 atom stereocenters. The number of nitrogens with zero attached hydrogens (tertiary/aromatic N) is 4. The van der Waals surface area contributed by atoms with Crippen LogP contribution in [-0.2, 0) is 16.0 Å². The van der Waals surface area contributed by atoms with E-state index in [4.69, 9.17) is 9.47 Å². The van der Waals surface area contributed by atoms with Gasteiger partial charge in [-0.15, -0.1) is 5.10 Å². The molecule has 2 fully saturated rings. The smallest absolute Gasteiger partial charge is 0.177 e. The minimum atomic E-state index is -0.244. The molecule has 2 aromatic rings. The standard InChI is InChI=1S/C20H24N4O2/c1-23(2)19-12-16(7-6-15-4-5-15)8-9-17(19)18-13-24(22-21-18)14-20-25-10-3-11-26-20/h8-9,12-13,15,20H,3-5,10-11,14H2,1-2H3. The van der Waals surface area contributed by atoms with E-state index in [9.17, 15) is 0 Å². The summed E-state index contributed by atoms with van der Waals surface area (Å²) in [5.41, 5.74) is 4.01. The Morgan fingerprint density at radius 3 is 2.77 bits per heavy atom. The van der Waals surface area contributed by atoms with Crippen molar-refractivity contribution < 1.29 is 9.47 Å². The Kier molecular flexibility index (Phi) is 4.91. The Bertz CT molecular complexity index is 824. The highest BCUT2D eigenvalue weighted by Gasteiger charge is 2.19. The van der Waals surface area contributed by atoms with Crippen LogP contribution in [-0.4, -0.2) is 48.6 Å². The lowest BCUT2D eigenvalue weighted by Gasteiger charge is -2.22. The molecule has 6 heteroatoms. The molecule has 0 bridgehead atoms. The van der Waals surface area contributed by atoms with Crippen LogP contribution in [0.1, 0.15) is 24.8 Å². The molecule has 0 N–H and O–H groups in total. The van der Waals surface area contributed by atoms with E-state index >= 15 is 0 Å². The van der Waals surface area contributed by atoms with E-state index in [1.807, 2.05) is 20.3 Å². The van der Waals surface area contributed by atoms with E-state index in [0.717, 1.165) is 42.1 Å². The molecule has 1 aliphatic carbocycles. The number of hydrogen-bond acceptors (Lipinski definition) is 5. The molecule has 2 heterocycles. The number of aromatic nitrogens is 3. The van der Waals surface area contributed by atoms with Crippen LogP contribution in [0.5, 0.6) is 0 Å².